The molecule has 3 unspecified atom stereocenters. The first-order chi connectivity index (χ1) is 11.3. The van der Waals surface area contributed by atoms with Crippen LogP contribution in [0.4, 0.5) is 0 Å². The van der Waals surface area contributed by atoms with Gasteiger partial charge < -0.3 is 10.6 Å². The van der Waals surface area contributed by atoms with E-state index in [2.05, 4.69) is 4.72 Å². The molecule has 0 aromatic heterocycles. The third-order valence-electron chi connectivity index (χ3n) is 4.60. The third kappa shape index (κ3) is 6.26. The van der Waals surface area contributed by atoms with Gasteiger partial charge in [0, 0.05) is 25.2 Å². The molecule has 8 heteroatoms. The van der Waals surface area contributed by atoms with E-state index in [1.807, 2.05) is 37.3 Å². The Kier molecular flexibility index (Phi) is 8.34. The van der Waals surface area contributed by atoms with Crippen LogP contribution in [0.5, 0.6) is 0 Å². The molecule has 0 saturated carbocycles. The SMILES string of the molecule is CC(C(=O)N1CCCCC1CNS(C)(=O)=O)C(N)c1ccccc1.Cl. The lowest BCUT2D eigenvalue weighted by molar-refractivity contribution is -0.139. The van der Waals surface area contributed by atoms with Gasteiger partial charge in [0.25, 0.3) is 0 Å². The van der Waals surface area contributed by atoms with Crippen LogP contribution in [0, 0.1) is 5.92 Å². The van der Waals surface area contributed by atoms with E-state index < -0.39 is 10.0 Å². The summed E-state index contributed by atoms with van der Waals surface area (Å²) in [6.07, 6.45) is 3.88. The predicted molar refractivity (Wildman–Crippen MR) is 102 cm³/mol. The summed E-state index contributed by atoms with van der Waals surface area (Å²) in [5.74, 6) is -0.363. The van der Waals surface area contributed by atoms with Crippen LogP contribution in [0.15, 0.2) is 30.3 Å². The van der Waals surface area contributed by atoms with E-state index in [9.17, 15) is 13.2 Å². The van der Waals surface area contributed by atoms with Crippen LogP contribution in [0.25, 0.3) is 0 Å². The molecule has 0 aliphatic carbocycles. The number of nitrogens with one attached hydrogen (secondary N) is 1. The largest absolute Gasteiger partial charge is 0.338 e. The molecule has 3 atom stereocenters. The van der Waals surface area contributed by atoms with Gasteiger partial charge in [0.05, 0.1) is 12.2 Å². The molecule has 1 heterocycles. The molecule has 0 radical (unpaired) electrons. The molecule has 1 aliphatic rings. The van der Waals surface area contributed by atoms with E-state index in [1.54, 1.807) is 4.90 Å². The molecule has 1 aromatic carbocycles. The van der Waals surface area contributed by atoms with Crippen molar-refractivity contribution in [2.24, 2.45) is 11.7 Å². The number of sulfonamides is 1. The van der Waals surface area contributed by atoms with Crippen LogP contribution in [0.2, 0.25) is 0 Å². The Balaban J connectivity index is 0.00000312. The number of carbonyl (C=O) groups is 1. The number of nitrogens with zero attached hydrogens (tertiary/aromatic N) is 1. The van der Waals surface area contributed by atoms with Gasteiger partial charge in [0.2, 0.25) is 15.9 Å². The molecule has 1 saturated heterocycles. The van der Waals surface area contributed by atoms with Crippen LogP contribution in [-0.4, -0.2) is 44.6 Å². The summed E-state index contributed by atoms with van der Waals surface area (Å²) < 4.78 is 25.2. The highest BCUT2D eigenvalue weighted by molar-refractivity contribution is 7.88. The highest BCUT2D eigenvalue weighted by Crippen LogP contribution is 2.25. The van der Waals surface area contributed by atoms with Gasteiger partial charge in [0.15, 0.2) is 0 Å². The van der Waals surface area contributed by atoms with Crippen molar-refractivity contribution in [3.63, 3.8) is 0 Å². The lowest BCUT2D eigenvalue weighted by atomic mass is 9.92. The van der Waals surface area contributed by atoms with Crippen molar-refractivity contribution >= 4 is 28.3 Å². The van der Waals surface area contributed by atoms with Crippen molar-refractivity contribution in [2.45, 2.75) is 38.3 Å². The fourth-order valence-corrected chi connectivity index (χ4v) is 3.62. The van der Waals surface area contributed by atoms with Crippen LogP contribution in [-0.2, 0) is 14.8 Å². The molecule has 1 aliphatic heterocycles. The maximum Gasteiger partial charge on any atom is 0.227 e. The normalized spacial score (nSPS) is 20.4. The number of carbonyl (C=O) groups excluding carboxylic acids is 1. The maximum absolute atomic E-state index is 12.9. The van der Waals surface area contributed by atoms with E-state index >= 15 is 0 Å². The molecule has 6 nitrogen and oxygen atoms in total. The van der Waals surface area contributed by atoms with Crippen molar-refractivity contribution in [3.8, 4) is 0 Å². The highest BCUT2D eigenvalue weighted by Gasteiger charge is 2.32. The summed E-state index contributed by atoms with van der Waals surface area (Å²) in [6, 6.07) is 9.11. The quantitative estimate of drug-likeness (QED) is 0.774. The van der Waals surface area contributed by atoms with Crippen molar-refractivity contribution in [2.75, 3.05) is 19.3 Å². The van der Waals surface area contributed by atoms with E-state index in [-0.39, 0.29) is 42.9 Å². The van der Waals surface area contributed by atoms with E-state index in [0.717, 1.165) is 31.1 Å². The van der Waals surface area contributed by atoms with Gasteiger partial charge in [-0.2, -0.15) is 0 Å². The van der Waals surface area contributed by atoms with Gasteiger partial charge in [-0.15, -0.1) is 12.4 Å². The van der Waals surface area contributed by atoms with Gasteiger partial charge in [-0.05, 0) is 24.8 Å². The van der Waals surface area contributed by atoms with E-state index in [1.165, 1.54) is 0 Å². The summed E-state index contributed by atoms with van der Waals surface area (Å²) in [5, 5.41) is 0. The second-order valence-corrected chi connectivity index (χ2v) is 8.36. The molecular formula is C17H28ClN3O3S. The lowest BCUT2D eigenvalue weighted by Gasteiger charge is -2.38. The van der Waals surface area contributed by atoms with Crippen LogP contribution < -0.4 is 10.5 Å². The average molecular weight is 390 g/mol. The molecule has 0 spiro atoms. The topological polar surface area (TPSA) is 92.5 Å². The number of benzene rings is 1. The van der Waals surface area contributed by atoms with E-state index in [0.29, 0.717) is 6.54 Å². The average Bonchev–Trinajstić information content (AvgIpc) is 2.58. The maximum atomic E-state index is 12.9. The van der Waals surface area contributed by atoms with Crippen molar-refractivity contribution < 1.29 is 13.2 Å². The van der Waals surface area contributed by atoms with E-state index in [4.69, 9.17) is 5.73 Å². The van der Waals surface area contributed by atoms with Gasteiger partial charge in [-0.1, -0.05) is 37.3 Å². The standard InChI is InChI=1S/C17H27N3O3S.ClH/c1-13(16(18)14-8-4-3-5-9-14)17(21)20-11-7-6-10-15(20)12-19-24(2,22)23;/h3-5,8-9,13,15-16,19H,6-7,10-12,18H2,1-2H3;1H. The Morgan fingerprint density at radius 2 is 1.96 bits per heavy atom. The second-order valence-electron chi connectivity index (χ2n) is 6.53. The predicted octanol–water partition coefficient (Wildman–Crippen LogP) is 1.67. The Morgan fingerprint density at radius 1 is 1.32 bits per heavy atom. The first-order valence-corrected chi connectivity index (χ1v) is 10.2. The molecule has 1 fully saturated rings. The van der Waals surface area contributed by atoms with Gasteiger partial charge in [-0.25, -0.2) is 13.1 Å². The number of piperidine rings is 1. The Hall–Kier alpha value is -1.15. The molecule has 0 bridgehead atoms. The minimum atomic E-state index is -3.26. The monoisotopic (exact) mass is 389 g/mol. The number of hydrogen-bond donors (Lipinski definition) is 2. The minimum absolute atomic E-state index is 0. The van der Waals surface area contributed by atoms with Crippen molar-refractivity contribution in [1.82, 2.24) is 9.62 Å². The van der Waals surface area contributed by atoms with Crippen LogP contribution in [0.3, 0.4) is 0 Å². The second kappa shape index (κ2) is 9.52. The minimum Gasteiger partial charge on any atom is -0.338 e. The molecule has 1 aromatic rings. The Bertz CT molecular complexity index is 654. The number of nitrogens with two attached hydrogens (primary N) is 1. The molecule has 25 heavy (non-hydrogen) atoms. The lowest BCUT2D eigenvalue weighted by Crippen LogP contribution is -2.51. The smallest absolute Gasteiger partial charge is 0.227 e. The summed E-state index contributed by atoms with van der Waals surface area (Å²) in [5.41, 5.74) is 7.21. The number of halogens is 1. The third-order valence-corrected chi connectivity index (χ3v) is 5.30. The summed E-state index contributed by atoms with van der Waals surface area (Å²) in [6.45, 7) is 2.76. The number of likely N-dealkylation sites (tertiary alicyclic amines) is 1. The van der Waals surface area contributed by atoms with Gasteiger partial charge in [-0.3, -0.25) is 4.79 Å². The van der Waals surface area contributed by atoms with Crippen LogP contribution >= 0.6 is 12.4 Å². The summed E-state index contributed by atoms with van der Waals surface area (Å²) in [4.78, 5) is 14.7. The van der Waals surface area contributed by atoms with Crippen LogP contribution in [0.1, 0.15) is 37.8 Å². The zero-order valence-electron chi connectivity index (χ0n) is 14.7. The fourth-order valence-electron chi connectivity index (χ4n) is 3.13. The molecule has 3 N–H and O–H groups in total. The zero-order chi connectivity index (χ0) is 17.7. The molecule has 2 rings (SSSR count). The van der Waals surface area contributed by atoms with Gasteiger partial charge >= 0.3 is 0 Å². The number of hydrogen-bond acceptors (Lipinski definition) is 4. The Morgan fingerprint density at radius 3 is 2.56 bits per heavy atom. The zero-order valence-corrected chi connectivity index (χ0v) is 16.4. The van der Waals surface area contributed by atoms with Crippen molar-refractivity contribution in [3.05, 3.63) is 35.9 Å². The summed E-state index contributed by atoms with van der Waals surface area (Å²) in [7, 11) is -3.26. The highest BCUT2D eigenvalue weighted by atomic mass is 35.5. The van der Waals surface area contributed by atoms with Gasteiger partial charge in [0.1, 0.15) is 0 Å². The Labute approximate surface area is 156 Å². The number of rotatable bonds is 6. The first-order valence-electron chi connectivity index (χ1n) is 8.35. The first kappa shape index (κ1) is 21.9. The molecular weight excluding hydrogens is 362 g/mol. The fraction of sp³-hybridized carbons (Fsp3) is 0.588. The van der Waals surface area contributed by atoms with Crippen molar-refractivity contribution in [1.29, 1.82) is 0 Å². The molecule has 142 valence electrons. The molecule has 1 amide bonds. The summed E-state index contributed by atoms with van der Waals surface area (Å²) >= 11 is 0. The number of amides is 1.